The van der Waals surface area contributed by atoms with Crippen LogP contribution in [0.2, 0.25) is 0 Å². The molecule has 1 aliphatic carbocycles. The first-order chi connectivity index (χ1) is 8.52. The number of rotatable bonds is 5. The van der Waals surface area contributed by atoms with Gasteiger partial charge in [0.15, 0.2) is 0 Å². The van der Waals surface area contributed by atoms with Gasteiger partial charge in [0.2, 0.25) is 0 Å². The Morgan fingerprint density at radius 1 is 1.33 bits per heavy atom. The molecular formula is C16H27NS. The third-order valence-electron chi connectivity index (χ3n) is 4.29. The monoisotopic (exact) mass is 265 g/mol. The van der Waals surface area contributed by atoms with E-state index in [1.54, 1.807) is 10.4 Å². The smallest absolute Gasteiger partial charge is 0.0386 e. The minimum absolute atomic E-state index is 0.408. The molecule has 18 heavy (non-hydrogen) atoms. The molecule has 0 saturated carbocycles. The fraction of sp³-hybridized carbons (Fsp3) is 0.750. The summed E-state index contributed by atoms with van der Waals surface area (Å²) in [6, 6.07) is 2.96. The zero-order valence-electron chi connectivity index (χ0n) is 12.3. The maximum absolute atomic E-state index is 3.71. The lowest BCUT2D eigenvalue weighted by atomic mass is 9.90. The van der Waals surface area contributed by atoms with Gasteiger partial charge in [0.1, 0.15) is 0 Å². The molecule has 102 valence electrons. The zero-order valence-corrected chi connectivity index (χ0v) is 13.1. The molecule has 1 N–H and O–H groups in total. The van der Waals surface area contributed by atoms with E-state index in [0.29, 0.717) is 11.5 Å². The summed E-state index contributed by atoms with van der Waals surface area (Å²) >= 11 is 2.04. The van der Waals surface area contributed by atoms with Crippen molar-refractivity contribution in [2.75, 3.05) is 6.54 Å². The third-order valence-corrected chi connectivity index (χ3v) is 5.71. The van der Waals surface area contributed by atoms with Crippen LogP contribution in [0.25, 0.3) is 0 Å². The first-order valence-corrected chi connectivity index (χ1v) is 8.18. The number of hydrogen-bond acceptors (Lipinski definition) is 2. The molecule has 2 heteroatoms. The van der Waals surface area contributed by atoms with E-state index >= 15 is 0 Å². The first kappa shape index (κ1) is 14.1. The van der Waals surface area contributed by atoms with Crippen LogP contribution in [0, 0.1) is 5.41 Å². The van der Waals surface area contributed by atoms with Crippen LogP contribution >= 0.6 is 11.3 Å². The molecule has 1 aromatic heterocycles. The van der Waals surface area contributed by atoms with E-state index in [4.69, 9.17) is 0 Å². The summed E-state index contributed by atoms with van der Waals surface area (Å²) < 4.78 is 0. The minimum atomic E-state index is 0.408. The van der Waals surface area contributed by atoms with E-state index in [9.17, 15) is 0 Å². The second kappa shape index (κ2) is 5.75. The van der Waals surface area contributed by atoms with Gasteiger partial charge in [0.25, 0.3) is 0 Å². The van der Waals surface area contributed by atoms with Gasteiger partial charge in [0.05, 0.1) is 0 Å². The number of fused-ring (bicyclic) bond motifs is 1. The summed E-state index contributed by atoms with van der Waals surface area (Å²) in [6.07, 6.45) is 6.62. The van der Waals surface area contributed by atoms with Crippen molar-refractivity contribution in [3.8, 4) is 0 Å². The van der Waals surface area contributed by atoms with Crippen molar-refractivity contribution in [2.24, 2.45) is 5.41 Å². The van der Waals surface area contributed by atoms with E-state index in [-0.39, 0.29) is 0 Å². The average Bonchev–Trinajstić information content (AvgIpc) is 2.80. The van der Waals surface area contributed by atoms with Gasteiger partial charge in [-0.15, -0.1) is 11.3 Å². The predicted octanol–water partition coefficient (Wildman–Crippen LogP) is 4.71. The molecule has 0 spiro atoms. The quantitative estimate of drug-likeness (QED) is 0.812. The van der Waals surface area contributed by atoms with E-state index in [1.807, 2.05) is 11.3 Å². The van der Waals surface area contributed by atoms with Gasteiger partial charge in [-0.25, -0.2) is 0 Å². The van der Waals surface area contributed by atoms with Crippen molar-refractivity contribution in [1.29, 1.82) is 0 Å². The summed E-state index contributed by atoms with van der Waals surface area (Å²) in [5.41, 5.74) is 2.04. The van der Waals surface area contributed by atoms with Gasteiger partial charge in [-0.1, -0.05) is 20.8 Å². The van der Waals surface area contributed by atoms with Crippen LogP contribution in [0.4, 0.5) is 0 Å². The maximum atomic E-state index is 3.71. The SMILES string of the molecule is CCC(C)(C)CNC(C)c1cc2c(s1)CCCC2. The average molecular weight is 265 g/mol. The van der Waals surface area contributed by atoms with Gasteiger partial charge >= 0.3 is 0 Å². The molecule has 2 rings (SSSR count). The lowest BCUT2D eigenvalue weighted by molar-refractivity contribution is 0.315. The highest BCUT2D eigenvalue weighted by molar-refractivity contribution is 7.12. The molecule has 1 nitrogen and oxygen atoms in total. The first-order valence-electron chi connectivity index (χ1n) is 7.37. The molecule has 0 amide bonds. The Morgan fingerprint density at radius 2 is 2.06 bits per heavy atom. The normalized spacial score (nSPS) is 17.6. The molecule has 1 aliphatic rings. The lowest BCUT2D eigenvalue weighted by Gasteiger charge is -2.25. The highest BCUT2D eigenvalue weighted by atomic mass is 32.1. The topological polar surface area (TPSA) is 12.0 Å². The minimum Gasteiger partial charge on any atom is -0.309 e. The second-order valence-corrected chi connectivity index (χ2v) is 7.59. The van der Waals surface area contributed by atoms with E-state index in [0.717, 1.165) is 6.54 Å². The van der Waals surface area contributed by atoms with Gasteiger partial charge in [-0.05, 0) is 56.1 Å². The van der Waals surface area contributed by atoms with Gasteiger partial charge in [-0.2, -0.15) is 0 Å². The second-order valence-electron chi connectivity index (χ2n) is 6.42. The van der Waals surface area contributed by atoms with E-state index in [1.165, 1.54) is 37.0 Å². The highest BCUT2D eigenvalue weighted by Gasteiger charge is 2.19. The van der Waals surface area contributed by atoms with Crippen molar-refractivity contribution in [3.63, 3.8) is 0 Å². The predicted molar refractivity (Wildman–Crippen MR) is 81.5 cm³/mol. The maximum Gasteiger partial charge on any atom is 0.0386 e. The van der Waals surface area contributed by atoms with Crippen molar-refractivity contribution in [3.05, 3.63) is 21.4 Å². The number of hydrogen-bond donors (Lipinski definition) is 1. The van der Waals surface area contributed by atoms with Crippen LogP contribution < -0.4 is 5.32 Å². The Morgan fingerprint density at radius 3 is 2.72 bits per heavy atom. The molecule has 1 unspecified atom stereocenters. The Labute approximate surface area is 116 Å². The van der Waals surface area contributed by atoms with E-state index in [2.05, 4.69) is 39.1 Å². The van der Waals surface area contributed by atoms with Crippen LogP contribution in [-0.4, -0.2) is 6.54 Å². The molecule has 1 heterocycles. The standard InChI is InChI=1S/C16H27NS/c1-5-16(3,4)11-17-12(2)15-10-13-8-6-7-9-14(13)18-15/h10,12,17H,5-9,11H2,1-4H3. The van der Waals surface area contributed by atoms with E-state index < -0.39 is 0 Å². The molecular weight excluding hydrogens is 238 g/mol. The summed E-state index contributed by atoms with van der Waals surface area (Å²) in [7, 11) is 0. The van der Waals surface area contributed by atoms with Crippen LogP contribution in [0.5, 0.6) is 0 Å². The third kappa shape index (κ3) is 3.36. The zero-order chi connectivity index (χ0) is 13.2. The summed E-state index contributed by atoms with van der Waals surface area (Å²) in [4.78, 5) is 3.19. The molecule has 1 aromatic rings. The van der Waals surface area contributed by atoms with Crippen molar-refractivity contribution in [2.45, 2.75) is 65.8 Å². The molecule has 0 fully saturated rings. The summed E-state index contributed by atoms with van der Waals surface area (Å²) in [5.74, 6) is 0. The molecule has 0 bridgehead atoms. The summed E-state index contributed by atoms with van der Waals surface area (Å²) in [6.45, 7) is 10.4. The molecule has 0 radical (unpaired) electrons. The van der Waals surface area contributed by atoms with Gasteiger partial charge < -0.3 is 5.32 Å². The van der Waals surface area contributed by atoms with Crippen molar-refractivity contribution in [1.82, 2.24) is 5.32 Å². The van der Waals surface area contributed by atoms with Crippen LogP contribution in [0.3, 0.4) is 0 Å². The van der Waals surface area contributed by atoms with Gasteiger partial charge in [0, 0.05) is 22.3 Å². The van der Waals surface area contributed by atoms with Gasteiger partial charge in [-0.3, -0.25) is 0 Å². The Hall–Kier alpha value is -0.340. The Balaban J connectivity index is 1.96. The lowest BCUT2D eigenvalue weighted by Crippen LogP contribution is -2.30. The largest absolute Gasteiger partial charge is 0.309 e. The molecule has 1 atom stereocenters. The summed E-state index contributed by atoms with van der Waals surface area (Å²) in [5, 5.41) is 3.71. The molecule has 0 saturated heterocycles. The number of aryl methyl sites for hydroxylation is 2. The molecule has 0 aliphatic heterocycles. The van der Waals surface area contributed by atoms with Crippen molar-refractivity contribution >= 4 is 11.3 Å². The Bertz CT molecular complexity index is 368. The fourth-order valence-electron chi connectivity index (χ4n) is 2.38. The molecule has 0 aromatic carbocycles. The fourth-order valence-corrected chi connectivity index (χ4v) is 3.67. The van der Waals surface area contributed by atoms with Crippen LogP contribution in [-0.2, 0) is 12.8 Å². The number of nitrogens with one attached hydrogen (secondary N) is 1. The highest BCUT2D eigenvalue weighted by Crippen LogP contribution is 2.33. The number of thiophene rings is 1. The van der Waals surface area contributed by atoms with Crippen LogP contribution in [0.15, 0.2) is 6.07 Å². The van der Waals surface area contributed by atoms with Crippen LogP contribution in [0.1, 0.15) is 68.3 Å². The Kier molecular flexibility index (Phi) is 4.50. The van der Waals surface area contributed by atoms with Crippen molar-refractivity contribution < 1.29 is 0 Å².